The Kier molecular flexibility index (Phi) is 9.09. The third kappa shape index (κ3) is 6.63. The Balaban J connectivity index is 0.000000541. The van der Waals surface area contributed by atoms with E-state index in [1.807, 2.05) is 0 Å². The number of likely N-dealkylation sites (tertiary alicyclic amines) is 1. The van der Waals surface area contributed by atoms with Crippen LogP contribution in [0.25, 0.3) is 33.3 Å². The molecule has 5 rings (SSSR count). The number of hydrogen-bond acceptors (Lipinski definition) is 4. The third-order valence-electron chi connectivity index (χ3n) is 6.86. The number of fused-ring (bicyclic) bond motifs is 1. The van der Waals surface area contributed by atoms with Crippen molar-refractivity contribution in [3.8, 4) is 22.3 Å². The highest BCUT2D eigenvalue weighted by molar-refractivity contribution is 6.03. The Hall–Kier alpha value is -4.46. The first kappa shape index (κ1) is 31.5. The van der Waals surface area contributed by atoms with Gasteiger partial charge in [0, 0.05) is 6.54 Å². The van der Waals surface area contributed by atoms with Crippen molar-refractivity contribution in [2.75, 3.05) is 13.1 Å². The summed E-state index contributed by atoms with van der Waals surface area (Å²) in [7, 11) is 0. The number of nitrogens with one attached hydrogen (secondary N) is 1. The fourth-order valence-electron chi connectivity index (χ4n) is 4.93. The van der Waals surface area contributed by atoms with E-state index >= 15 is 17.6 Å². The molecule has 0 spiro atoms. The smallest absolute Gasteiger partial charge is 0.478 e. The molecular weight excluding hydrogens is 587 g/mol. The molecule has 1 aromatic heterocycles. The highest BCUT2D eigenvalue weighted by atomic mass is 19.4. The minimum absolute atomic E-state index is 0.0771. The van der Waals surface area contributed by atoms with Gasteiger partial charge in [0.05, 0.1) is 22.2 Å². The summed E-state index contributed by atoms with van der Waals surface area (Å²) in [4.78, 5) is 29.7. The number of aromatic nitrogens is 2. The van der Waals surface area contributed by atoms with Gasteiger partial charge < -0.3 is 15.2 Å². The molecule has 3 N–H and O–H groups in total. The highest BCUT2D eigenvalue weighted by Gasteiger charge is 2.38. The van der Waals surface area contributed by atoms with E-state index in [9.17, 15) is 23.1 Å². The third-order valence-corrected chi connectivity index (χ3v) is 6.86. The van der Waals surface area contributed by atoms with Crippen molar-refractivity contribution in [1.82, 2.24) is 14.9 Å². The van der Waals surface area contributed by atoms with Crippen LogP contribution in [0.1, 0.15) is 41.0 Å². The van der Waals surface area contributed by atoms with Crippen LogP contribution in [-0.4, -0.2) is 56.3 Å². The molecule has 7 nitrogen and oxygen atoms in total. The van der Waals surface area contributed by atoms with Crippen molar-refractivity contribution >= 4 is 23.0 Å². The molecule has 1 saturated heterocycles. The molecule has 0 atom stereocenters. The van der Waals surface area contributed by atoms with Crippen LogP contribution in [0.4, 0.5) is 30.7 Å². The number of imidazole rings is 1. The number of benzene rings is 3. The van der Waals surface area contributed by atoms with Gasteiger partial charge in [0.1, 0.15) is 11.3 Å². The topological polar surface area (TPSA) is 107 Å². The number of H-pyrrole nitrogens is 1. The first-order chi connectivity index (χ1) is 20.2. The molecule has 228 valence electrons. The maximum Gasteiger partial charge on any atom is 0.490 e. The maximum atomic E-state index is 15.5. The highest BCUT2D eigenvalue weighted by Crippen LogP contribution is 2.39. The average Bonchev–Trinajstić information content (AvgIpc) is 3.33. The van der Waals surface area contributed by atoms with Crippen molar-refractivity contribution in [2.45, 2.75) is 38.9 Å². The van der Waals surface area contributed by atoms with Gasteiger partial charge in [-0.25, -0.2) is 32.1 Å². The number of piperidine rings is 1. The lowest BCUT2D eigenvalue weighted by Crippen LogP contribution is -2.29. The second-order valence-corrected chi connectivity index (χ2v) is 9.85. The van der Waals surface area contributed by atoms with Gasteiger partial charge in [-0.15, -0.1) is 0 Å². The number of carboxylic acids is 2. The Morgan fingerprint density at radius 2 is 1.47 bits per heavy atom. The summed E-state index contributed by atoms with van der Waals surface area (Å²) in [6.45, 7) is 3.66. The fourth-order valence-corrected chi connectivity index (χ4v) is 4.93. The number of aromatic carboxylic acids is 1. The number of aryl methyl sites for hydroxylation is 1. The molecule has 14 heteroatoms. The van der Waals surface area contributed by atoms with Gasteiger partial charge in [0.25, 0.3) is 0 Å². The van der Waals surface area contributed by atoms with E-state index in [1.54, 1.807) is 25.1 Å². The zero-order valence-corrected chi connectivity index (χ0v) is 22.5. The summed E-state index contributed by atoms with van der Waals surface area (Å²) in [6, 6.07) is 8.61. The molecule has 0 unspecified atom stereocenters. The van der Waals surface area contributed by atoms with Gasteiger partial charge in [-0.3, -0.25) is 4.90 Å². The van der Waals surface area contributed by atoms with Crippen LogP contribution in [0, 0.1) is 30.2 Å². The lowest BCUT2D eigenvalue weighted by atomic mass is 9.93. The van der Waals surface area contributed by atoms with E-state index in [-0.39, 0.29) is 27.7 Å². The molecule has 0 radical (unpaired) electrons. The van der Waals surface area contributed by atoms with E-state index in [4.69, 9.17) is 9.90 Å². The number of carboxylic acid groups (broad SMARTS) is 2. The number of alkyl halides is 3. The van der Waals surface area contributed by atoms with Crippen LogP contribution in [0.5, 0.6) is 0 Å². The Morgan fingerprint density at radius 3 is 2.02 bits per heavy atom. The van der Waals surface area contributed by atoms with Crippen LogP contribution in [0.2, 0.25) is 0 Å². The number of aromatic amines is 1. The molecule has 1 fully saturated rings. The second-order valence-electron chi connectivity index (χ2n) is 9.85. The van der Waals surface area contributed by atoms with E-state index in [0.717, 1.165) is 38.4 Å². The lowest BCUT2D eigenvalue weighted by Gasteiger charge is -2.27. The molecule has 0 bridgehead atoms. The van der Waals surface area contributed by atoms with Crippen LogP contribution in [0.15, 0.2) is 36.4 Å². The minimum Gasteiger partial charge on any atom is -0.478 e. The number of rotatable bonds is 5. The summed E-state index contributed by atoms with van der Waals surface area (Å²) >= 11 is 0. The predicted octanol–water partition coefficient (Wildman–Crippen LogP) is 7.08. The number of hydrogen-bond donors (Lipinski definition) is 3. The van der Waals surface area contributed by atoms with Crippen molar-refractivity contribution in [2.24, 2.45) is 0 Å². The van der Waals surface area contributed by atoms with Crippen LogP contribution >= 0.6 is 0 Å². The average molecular weight is 612 g/mol. The first-order valence-electron chi connectivity index (χ1n) is 12.9. The summed E-state index contributed by atoms with van der Waals surface area (Å²) in [5, 5.41) is 16.7. The molecule has 4 aromatic rings. The first-order valence-corrected chi connectivity index (χ1v) is 12.9. The normalized spacial score (nSPS) is 14.0. The molecular formula is C29H24F7N3O4. The van der Waals surface area contributed by atoms with Crippen LogP contribution in [-0.2, 0) is 11.3 Å². The summed E-state index contributed by atoms with van der Waals surface area (Å²) in [6.07, 6.45) is -1.93. The lowest BCUT2D eigenvalue weighted by molar-refractivity contribution is -0.192. The van der Waals surface area contributed by atoms with Gasteiger partial charge >= 0.3 is 18.1 Å². The van der Waals surface area contributed by atoms with Gasteiger partial charge in [-0.1, -0.05) is 30.7 Å². The standard InChI is InChI=1S/C27H23F4N3O2.C2HF3O2/c1-14-32-19-12-16(11-18(27(35)36)26(19)33-14)20-22(28)24(30)21(25(31)23(20)29)17-8-4-3-7-15(17)13-34-9-5-2-6-10-34;3-2(4,5)1(6)7/h3-4,7-8,11-12H,2,5-6,9-10,13H2,1H3,(H,32,33)(H,35,36);(H,6,7). The Bertz CT molecular complexity index is 1670. The van der Waals surface area contributed by atoms with Gasteiger partial charge in [0.15, 0.2) is 23.3 Å². The quantitative estimate of drug-likeness (QED) is 0.165. The molecule has 0 amide bonds. The molecule has 43 heavy (non-hydrogen) atoms. The fraction of sp³-hybridized carbons (Fsp3) is 0.276. The Morgan fingerprint density at radius 1 is 0.907 bits per heavy atom. The van der Waals surface area contributed by atoms with Gasteiger partial charge in [-0.2, -0.15) is 13.2 Å². The summed E-state index contributed by atoms with van der Waals surface area (Å²) < 4.78 is 93.6. The summed E-state index contributed by atoms with van der Waals surface area (Å²) in [5.41, 5.74) is -1.52. The van der Waals surface area contributed by atoms with Gasteiger partial charge in [-0.05, 0) is 61.7 Å². The van der Waals surface area contributed by atoms with Crippen LogP contribution < -0.4 is 0 Å². The number of carbonyl (C=O) groups is 2. The van der Waals surface area contributed by atoms with E-state index in [2.05, 4.69) is 14.9 Å². The van der Waals surface area contributed by atoms with Gasteiger partial charge in [0.2, 0.25) is 0 Å². The van der Waals surface area contributed by atoms with Crippen molar-refractivity contribution in [1.29, 1.82) is 0 Å². The zero-order chi connectivity index (χ0) is 31.6. The number of nitrogens with zero attached hydrogens (tertiary/aromatic N) is 2. The molecule has 2 heterocycles. The second kappa shape index (κ2) is 12.4. The Labute approximate surface area is 239 Å². The molecule has 3 aromatic carbocycles. The molecule has 1 aliphatic heterocycles. The van der Waals surface area contributed by atoms with Crippen LogP contribution in [0.3, 0.4) is 0 Å². The summed E-state index contributed by atoms with van der Waals surface area (Å²) in [5.74, 6) is -10.0. The van der Waals surface area contributed by atoms with Crippen molar-refractivity contribution < 1.29 is 50.5 Å². The van der Waals surface area contributed by atoms with Crippen molar-refractivity contribution in [3.05, 3.63) is 76.6 Å². The number of aliphatic carboxylic acids is 1. The minimum atomic E-state index is -5.08. The van der Waals surface area contributed by atoms with E-state index in [1.165, 1.54) is 12.1 Å². The van der Waals surface area contributed by atoms with Crippen molar-refractivity contribution in [3.63, 3.8) is 0 Å². The predicted molar refractivity (Wildman–Crippen MR) is 141 cm³/mol. The largest absolute Gasteiger partial charge is 0.490 e. The molecule has 0 aliphatic carbocycles. The van der Waals surface area contributed by atoms with E-state index < -0.39 is 52.5 Å². The SMILES string of the molecule is Cc1nc2c(C(=O)O)cc(-c3c(F)c(F)c(-c4ccccc4CN4CCCCC4)c(F)c3F)cc2[nH]1.O=C(O)C(F)(F)F. The molecule has 0 saturated carbocycles. The monoisotopic (exact) mass is 611 g/mol. The number of halogens is 7. The molecule has 1 aliphatic rings. The maximum absolute atomic E-state index is 15.5. The van der Waals surface area contributed by atoms with E-state index in [0.29, 0.717) is 17.9 Å². The zero-order valence-electron chi connectivity index (χ0n) is 22.5.